The molecule has 2 saturated heterocycles. The topological polar surface area (TPSA) is 78.1 Å². The number of nitrogens with zero attached hydrogens (tertiary/aromatic N) is 2. The van der Waals surface area contributed by atoms with Crippen molar-refractivity contribution in [2.75, 3.05) is 6.54 Å². The Morgan fingerprint density at radius 1 is 1.16 bits per heavy atom. The van der Waals surface area contributed by atoms with Gasteiger partial charge >= 0.3 is 0 Å². The minimum atomic E-state index is -0.323. The lowest BCUT2D eigenvalue weighted by molar-refractivity contribution is -0.122. The summed E-state index contributed by atoms with van der Waals surface area (Å²) in [7, 11) is 0. The lowest BCUT2D eigenvalue weighted by atomic mass is 9.85. The van der Waals surface area contributed by atoms with Gasteiger partial charge in [-0.3, -0.25) is 14.7 Å². The van der Waals surface area contributed by atoms with Crippen LogP contribution >= 0.6 is 0 Å². The lowest BCUT2D eigenvalue weighted by Crippen LogP contribution is -2.59. The highest BCUT2D eigenvalue weighted by atomic mass is 16.2. The summed E-state index contributed by atoms with van der Waals surface area (Å²) in [5, 5.41) is 10.7. The molecule has 6 heteroatoms. The van der Waals surface area contributed by atoms with Crippen molar-refractivity contribution < 1.29 is 9.59 Å². The van der Waals surface area contributed by atoms with Crippen molar-refractivity contribution in [3.63, 3.8) is 0 Å². The number of amides is 2. The molecule has 2 aliphatic heterocycles. The summed E-state index contributed by atoms with van der Waals surface area (Å²) >= 11 is 0. The van der Waals surface area contributed by atoms with Gasteiger partial charge in [-0.25, -0.2) is 0 Å². The Morgan fingerprint density at radius 2 is 2.00 bits per heavy atom. The van der Waals surface area contributed by atoms with Crippen LogP contribution in [0.1, 0.15) is 80.0 Å². The van der Waals surface area contributed by atoms with Crippen LogP contribution in [0.4, 0.5) is 0 Å². The largest absolute Gasteiger partial charge is 0.349 e. The average molecular weight is 344 g/mol. The molecule has 3 aliphatic rings. The smallest absolute Gasteiger partial charge is 0.274 e. The first-order valence-corrected chi connectivity index (χ1v) is 9.76. The Kier molecular flexibility index (Phi) is 4.29. The highest BCUT2D eigenvalue weighted by Gasteiger charge is 2.44. The number of carbonyl (C=O) groups excluding carboxylic acids is 2. The molecule has 2 atom stereocenters. The third-order valence-corrected chi connectivity index (χ3v) is 6.28. The van der Waals surface area contributed by atoms with E-state index in [1.54, 1.807) is 0 Å². The third kappa shape index (κ3) is 2.96. The fourth-order valence-electron chi connectivity index (χ4n) is 4.93. The number of H-pyrrole nitrogens is 1. The van der Waals surface area contributed by atoms with Crippen molar-refractivity contribution in [3.05, 3.63) is 17.0 Å². The van der Waals surface area contributed by atoms with Crippen LogP contribution in [0, 0.1) is 0 Å². The number of likely N-dealkylation sites (tertiary alicyclic amines) is 1. The number of fused-ring (bicyclic) bond motifs is 2. The Hall–Kier alpha value is -1.85. The lowest BCUT2D eigenvalue weighted by Gasteiger charge is -2.41. The third-order valence-electron chi connectivity index (χ3n) is 6.28. The second-order valence-electron chi connectivity index (χ2n) is 8.07. The van der Waals surface area contributed by atoms with Gasteiger partial charge in [-0.1, -0.05) is 0 Å². The first kappa shape index (κ1) is 16.6. The number of aromatic amines is 1. The molecule has 0 radical (unpaired) electrons. The van der Waals surface area contributed by atoms with Crippen molar-refractivity contribution in [3.8, 4) is 0 Å². The zero-order valence-electron chi connectivity index (χ0n) is 15.1. The van der Waals surface area contributed by atoms with E-state index in [0.717, 1.165) is 69.2 Å². The monoisotopic (exact) mass is 344 g/mol. The van der Waals surface area contributed by atoms with Gasteiger partial charge < -0.3 is 10.2 Å². The van der Waals surface area contributed by atoms with E-state index < -0.39 is 0 Å². The molecule has 2 N–H and O–H groups in total. The molecule has 25 heavy (non-hydrogen) atoms. The summed E-state index contributed by atoms with van der Waals surface area (Å²) in [5.74, 6) is 0.171. The maximum atomic E-state index is 13.4. The summed E-state index contributed by atoms with van der Waals surface area (Å²) in [6.45, 7) is 2.88. The van der Waals surface area contributed by atoms with Crippen LogP contribution in [0.15, 0.2) is 0 Å². The highest BCUT2D eigenvalue weighted by Crippen LogP contribution is 2.34. The van der Waals surface area contributed by atoms with Crippen molar-refractivity contribution in [1.82, 2.24) is 20.4 Å². The van der Waals surface area contributed by atoms with E-state index in [-0.39, 0.29) is 23.4 Å². The van der Waals surface area contributed by atoms with Gasteiger partial charge in [0.15, 0.2) is 5.69 Å². The number of rotatable bonds is 1. The Labute approximate surface area is 148 Å². The standard InChI is InChI=1S/C19H28N4O2/c1-19-11-4-5-12-23(15(19)9-6-10-16(24)20-19)18(25)17-13-7-2-3-8-14(13)21-22-17/h15H,2-12H2,1H3,(H,20,24)(H,21,22)/t15-,19-/m0/s1. The summed E-state index contributed by atoms with van der Waals surface area (Å²) in [5.41, 5.74) is 2.56. The molecule has 4 rings (SSSR count). The van der Waals surface area contributed by atoms with E-state index in [4.69, 9.17) is 0 Å². The van der Waals surface area contributed by atoms with E-state index in [2.05, 4.69) is 22.4 Å². The molecule has 136 valence electrons. The second kappa shape index (κ2) is 6.46. The van der Waals surface area contributed by atoms with Gasteiger partial charge in [-0.15, -0.1) is 0 Å². The van der Waals surface area contributed by atoms with Crippen molar-refractivity contribution in [2.24, 2.45) is 0 Å². The Balaban J connectivity index is 1.66. The molecule has 6 nitrogen and oxygen atoms in total. The molecule has 0 saturated carbocycles. The summed E-state index contributed by atoms with van der Waals surface area (Å²) in [6, 6.07) is 0.0601. The van der Waals surface area contributed by atoms with Gasteiger partial charge in [0.05, 0.1) is 11.6 Å². The number of hydrogen-bond donors (Lipinski definition) is 2. The molecule has 0 aromatic carbocycles. The normalized spacial score (nSPS) is 29.9. The van der Waals surface area contributed by atoms with Crippen LogP contribution in [0.2, 0.25) is 0 Å². The summed E-state index contributed by atoms with van der Waals surface area (Å²) < 4.78 is 0. The van der Waals surface area contributed by atoms with Crippen LogP contribution in [0.5, 0.6) is 0 Å². The first-order chi connectivity index (χ1) is 12.1. The van der Waals surface area contributed by atoms with Gasteiger partial charge in [0.1, 0.15) is 0 Å². The zero-order chi connectivity index (χ0) is 17.4. The van der Waals surface area contributed by atoms with Gasteiger partial charge in [-0.05, 0) is 64.7 Å². The van der Waals surface area contributed by atoms with Crippen LogP contribution in [-0.2, 0) is 17.6 Å². The molecular weight excluding hydrogens is 316 g/mol. The van der Waals surface area contributed by atoms with E-state index in [0.29, 0.717) is 12.1 Å². The number of nitrogens with one attached hydrogen (secondary N) is 2. The predicted molar refractivity (Wildman–Crippen MR) is 94.3 cm³/mol. The maximum Gasteiger partial charge on any atom is 0.274 e. The predicted octanol–water partition coefficient (Wildman–Crippen LogP) is 2.34. The number of carbonyl (C=O) groups is 2. The molecule has 2 fully saturated rings. The second-order valence-corrected chi connectivity index (χ2v) is 8.07. The van der Waals surface area contributed by atoms with Crippen molar-refractivity contribution >= 4 is 11.8 Å². The van der Waals surface area contributed by atoms with E-state index >= 15 is 0 Å². The minimum Gasteiger partial charge on any atom is -0.349 e. The number of hydrogen-bond acceptors (Lipinski definition) is 3. The molecule has 1 aliphatic carbocycles. The van der Waals surface area contributed by atoms with Crippen molar-refractivity contribution in [2.45, 2.75) is 82.7 Å². The Bertz CT molecular complexity index is 683. The molecule has 1 aromatic rings. The van der Waals surface area contributed by atoms with Crippen LogP contribution in [-0.4, -0.2) is 45.0 Å². The van der Waals surface area contributed by atoms with Gasteiger partial charge in [0, 0.05) is 24.2 Å². The van der Waals surface area contributed by atoms with Crippen LogP contribution in [0.3, 0.4) is 0 Å². The fraction of sp³-hybridized carbons (Fsp3) is 0.737. The quantitative estimate of drug-likeness (QED) is 0.821. The molecule has 0 bridgehead atoms. The average Bonchev–Trinajstić information content (AvgIpc) is 2.88. The molecule has 3 heterocycles. The highest BCUT2D eigenvalue weighted by molar-refractivity contribution is 5.94. The van der Waals surface area contributed by atoms with Gasteiger partial charge in [0.25, 0.3) is 5.91 Å². The fourth-order valence-corrected chi connectivity index (χ4v) is 4.93. The molecule has 0 unspecified atom stereocenters. The summed E-state index contributed by atoms with van der Waals surface area (Å²) in [4.78, 5) is 27.5. The molecule has 1 aromatic heterocycles. The van der Waals surface area contributed by atoms with E-state index in [1.165, 1.54) is 6.42 Å². The number of aryl methyl sites for hydroxylation is 1. The molecule has 2 amide bonds. The Morgan fingerprint density at radius 3 is 2.88 bits per heavy atom. The van der Waals surface area contributed by atoms with Crippen LogP contribution < -0.4 is 5.32 Å². The van der Waals surface area contributed by atoms with Gasteiger partial charge in [-0.2, -0.15) is 5.10 Å². The molecule has 0 spiro atoms. The van der Waals surface area contributed by atoms with Crippen LogP contribution in [0.25, 0.3) is 0 Å². The maximum absolute atomic E-state index is 13.4. The van der Waals surface area contributed by atoms with Crippen molar-refractivity contribution in [1.29, 1.82) is 0 Å². The summed E-state index contributed by atoms with van der Waals surface area (Å²) in [6.07, 6.45) is 9.48. The zero-order valence-corrected chi connectivity index (χ0v) is 15.1. The minimum absolute atomic E-state index is 0.0497. The van der Waals surface area contributed by atoms with Gasteiger partial charge in [0.2, 0.25) is 5.91 Å². The SMILES string of the molecule is C[C@]12CCCCN(C(=O)c3n[nH]c4c3CCCC4)[C@H]1CCCC(=O)N2. The first-order valence-electron chi connectivity index (χ1n) is 9.76. The van der Waals surface area contributed by atoms with E-state index in [1.807, 2.05) is 4.90 Å². The van der Waals surface area contributed by atoms with E-state index in [9.17, 15) is 9.59 Å². The number of aromatic nitrogens is 2. The molecular formula is C19H28N4O2.